The van der Waals surface area contributed by atoms with Crippen LogP contribution in [-0.2, 0) is 4.74 Å². The lowest BCUT2D eigenvalue weighted by Crippen LogP contribution is -2.26. The van der Waals surface area contributed by atoms with Crippen molar-refractivity contribution >= 4 is 6.29 Å². The maximum absolute atomic E-state index is 13.2. The Labute approximate surface area is 105 Å². The predicted molar refractivity (Wildman–Crippen MR) is 64.1 cm³/mol. The van der Waals surface area contributed by atoms with Gasteiger partial charge in [-0.2, -0.15) is 0 Å². The van der Waals surface area contributed by atoms with Gasteiger partial charge in [-0.05, 0) is 24.3 Å². The molecule has 18 heavy (non-hydrogen) atoms. The summed E-state index contributed by atoms with van der Waals surface area (Å²) in [5.41, 5.74) is 1.13. The van der Waals surface area contributed by atoms with Crippen LogP contribution < -0.4 is 0 Å². The van der Waals surface area contributed by atoms with E-state index in [2.05, 4.69) is 0 Å². The molecule has 2 nitrogen and oxygen atoms in total. The Bertz CT molecular complexity index is 383. The number of hydrogen-bond donors (Lipinski definition) is 0. The van der Waals surface area contributed by atoms with Crippen LogP contribution in [0.3, 0.4) is 0 Å². The fourth-order valence-electron chi connectivity index (χ4n) is 2.50. The summed E-state index contributed by atoms with van der Waals surface area (Å²) in [6, 6.07) is 6.46. The van der Waals surface area contributed by atoms with Gasteiger partial charge < -0.3 is 4.74 Å². The summed E-state index contributed by atoms with van der Waals surface area (Å²) in [5, 5.41) is 0. The Kier molecular flexibility index (Phi) is 4.42. The van der Waals surface area contributed by atoms with Gasteiger partial charge in [0.05, 0.1) is 0 Å². The number of alkyl halides is 2. The van der Waals surface area contributed by atoms with E-state index in [0.717, 1.165) is 6.29 Å². The molecule has 0 N–H and O–H groups in total. The number of carbonyl (C=O) groups excluding carboxylic acids is 1. The van der Waals surface area contributed by atoms with Crippen molar-refractivity contribution in [3.05, 3.63) is 35.4 Å². The first-order valence-electron chi connectivity index (χ1n) is 6.13. The van der Waals surface area contributed by atoms with Gasteiger partial charge in [0, 0.05) is 24.7 Å². The molecule has 1 fully saturated rings. The number of rotatable bonds is 4. The molecule has 0 radical (unpaired) electrons. The van der Waals surface area contributed by atoms with Crippen molar-refractivity contribution in [2.24, 2.45) is 5.92 Å². The molecule has 98 valence electrons. The highest BCUT2D eigenvalue weighted by Gasteiger charge is 2.32. The molecule has 0 spiro atoms. The van der Waals surface area contributed by atoms with Gasteiger partial charge in [-0.1, -0.05) is 24.3 Å². The van der Waals surface area contributed by atoms with Gasteiger partial charge in [0.15, 0.2) is 0 Å². The van der Waals surface area contributed by atoms with Gasteiger partial charge >= 0.3 is 0 Å². The van der Waals surface area contributed by atoms with E-state index in [4.69, 9.17) is 4.74 Å². The van der Waals surface area contributed by atoms with Crippen molar-refractivity contribution in [1.29, 1.82) is 0 Å². The lowest BCUT2D eigenvalue weighted by atomic mass is 9.81. The average molecular weight is 254 g/mol. The van der Waals surface area contributed by atoms with Gasteiger partial charge in [0.1, 0.15) is 6.29 Å². The van der Waals surface area contributed by atoms with Gasteiger partial charge in [0.25, 0.3) is 0 Å². The Hall–Kier alpha value is -1.29. The molecule has 1 aromatic rings. The SMILES string of the molecule is O=Cc1ccc(C(C(F)F)C2CCOCC2)cc1. The molecule has 0 bridgehead atoms. The van der Waals surface area contributed by atoms with E-state index in [-0.39, 0.29) is 5.92 Å². The third kappa shape index (κ3) is 2.93. The van der Waals surface area contributed by atoms with Crippen LogP contribution in [-0.4, -0.2) is 25.9 Å². The van der Waals surface area contributed by atoms with Crippen molar-refractivity contribution in [3.63, 3.8) is 0 Å². The monoisotopic (exact) mass is 254 g/mol. The summed E-state index contributed by atoms with van der Waals surface area (Å²) < 4.78 is 31.7. The van der Waals surface area contributed by atoms with Crippen LogP contribution in [0.5, 0.6) is 0 Å². The normalized spacial score (nSPS) is 18.8. The molecule has 0 aliphatic carbocycles. The second kappa shape index (κ2) is 6.05. The first-order valence-corrected chi connectivity index (χ1v) is 6.13. The molecule has 1 aliphatic rings. The Balaban J connectivity index is 2.19. The minimum atomic E-state index is -2.38. The average Bonchev–Trinajstić information content (AvgIpc) is 2.40. The predicted octanol–water partition coefficient (Wildman–Crippen LogP) is 3.27. The number of carbonyl (C=O) groups is 1. The first kappa shape index (κ1) is 13.1. The quantitative estimate of drug-likeness (QED) is 0.771. The smallest absolute Gasteiger partial charge is 0.245 e. The summed E-state index contributed by atoms with van der Waals surface area (Å²) >= 11 is 0. The van der Waals surface area contributed by atoms with Crippen molar-refractivity contribution in [2.75, 3.05) is 13.2 Å². The van der Waals surface area contributed by atoms with Crippen LogP contribution in [0.25, 0.3) is 0 Å². The van der Waals surface area contributed by atoms with Crippen molar-refractivity contribution in [1.82, 2.24) is 0 Å². The zero-order chi connectivity index (χ0) is 13.0. The second-order valence-corrected chi connectivity index (χ2v) is 4.59. The lowest BCUT2D eigenvalue weighted by Gasteiger charge is -2.30. The van der Waals surface area contributed by atoms with E-state index >= 15 is 0 Å². The van der Waals surface area contributed by atoms with E-state index in [1.54, 1.807) is 24.3 Å². The number of hydrogen-bond acceptors (Lipinski definition) is 2. The summed E-state index contributed by atoms with van der Waals surface area (Å²) in [5.74, 6) is -0.796. The van der Waals surface area contributed by atoms with Crippen molar-refractivity contribution in [3.8, 4) is 0 Å². The van der Waals surface area contributed by atoms with Crippen LogP contribution in [0, 0.1) is 5.92 Å². The minimum Gasteiger partial charge on any atom is -0.381 e. The Morgan fingerprint density at radius 1 is 1.17 bits per heavy atom. The third-order valence-corrected chi connectivity index (χ3v) is 3.50. The third-order valence-electron chi connectivity index (χ3n) is 3.50. The van der Waals surface area contributed by atoms with Crippen molar-refractivity contribution < 1.29 is 18.3 Å². The van der Waals surface area contributed by atoms with Gasteiger partial charge in [0.2, 0.25) is 6.43 Å². The van der Waals surface area contributed by atoms with E-state index in [0.29, 0.717) is 37.2 Å². The molecule has 1 aliphatic heterocycles. The highest BCUT2D eigenvalue weighted by atomic mass is 19.3. The number of aldehydes is 1. The van der Waals surface area contributed by atoms with Crippen LogP contribution >= 0.6 is 0 Å². The molecule has 1 heterocycles. The number of ether oxygens (including phenoxy) is 1. The maximum atomic E-state index is 13.2. The fourth-order valence-corrected chi connectivity index (χ4v) is 2.50. The molecule has 4 heteroatoms. The van der Waals surface area contributed by atoms with Gasteiger partial charge in [-0.15, -0.1) is 0 Å². The summed E-state index contributed by atoms with van der Waals surface area (Å²) in [7, 11) is 0. The van der Waals surface area contributed by atoms with Crippen molar-refractivity contribution in [2.45, 2.75) is 25.2 Å². The Morgan fingerprint density at radius 2 is 1.78 bits per heavy atom. The zero-order valence-corrected chi connectivity index (χ0v) is 10.0. The highest BCUT2D eigenvalue weighted by molar-refractivity contribution is 5.74. The van der Waals surface area contributed by atoms with E-state index in [9.17, 15) is 13.6 Å². The Morgan fingerprint density at radius 3 is 2.28 bits per heavy atom. The largest absolute Gasteiger partial charge is 0.381 e. The van der Waals surface area contributed by atoms with Crippen LogP contribution in [0.15, 0.2) is 24.3 Å². The molecule has 1 atom stereocenters. The molecular weight excluding hydrogens is 238 g/mol. The molecule has 0 amide bonds. The second-order valence-electron chi connectivity index (χ2n) is 4.59. The summed E-state index contributed by atoms with van der Waals surface area (Å²) in [6.45, 7) is 1.11. The molecule has 0 aromatic heterocycles. The topological polar surface area (TPSA) is 26.3 Å². The van der Waals surface area contributed by atoms with E-state index in [1.807, 2.05) is 0 Å². The molecule has 1 aromatic carbocycles. The molecule has 1 unspecified atom stereocenters. The fraction of sp³-hybridized carbons (Fsp3) is 0.500. The van der Waals surface area contributed by atoms with E-state index < -0.39 is 12.3 Å². The standard InChI is InChI=1S/C14H16F2O2/c15-14(16)13(12-5-7-18-8-6-12)11-3-1-10(9-17)2-4-11/h1-4,9,12-14H,5-8H2. The van der Waals surface area contributed by atoms with Crippen LogP contribution in [0.1, 0.15) is 34.7 Å². The van der Waals surface area contributed by atoms with Gasteiger partial charge in [-0.3, -0.25) is 4.79 Å². The molecule has 2 rings (SSSR count). The maximum Gasteiger partial charge on any atom is 0.245 e. The van der Waals surface area contributed by atoms with E-state index in [1.165, 1.54) is 0 Å². The molecule has 1 saturated heterocycles. The molecule has 0 saturated carbocycles. The summed E-state index contributed by atoms with van der Waals surface area (Å²) in [6.07, 6.45) is -0.319. The van der Waals surface area contributed by atoms with Gasteiger partial charge in [-0.25, -0.2) is 8.78 Å². The molecular formula is C14H16F2O2. The minimum absolute atomic E-state index is 0.0409. The first-order chi connectivity index (χ1) is 8.72. The highest BCUT2D eigenvalue weighted by Crippen LogP contribution is 2.36. The number of halogens is 2. The lowest BCUT2D eigenvalue weighted by molar-refractivity contribution is 0.0186. The summed E-state index contributed by atoms with van der Waals surface area (Å²) in [4.78, 5) is 10.6. The zero-order valence-electron chi connectivity index (χ0n) is 10.0. The number of benzene rings is 1. The van der Waals surface area contributed by atoms with Crippen LogP contribution in [0.2, 0.25) is 0 Å². The van der Waals surface area contributed by atoms with Crippen LogP contribution in [0.4, 0.5) is 8.78 Å².